The van der Waals surface area contributed by atoms with E-state index >= 15 is 0 Å². The molecule has 2 aliphatic rings. The van der Waals surface area contributed by atoms with E-state index in [1.807, 2.05) is 36.4 Å². The van der Waals surface area contributed by atoms with Gasteiger partial charge in [0.1, 0.15) is 5.75 Å². The van der Waals surface area contributed by atoms with Crippen molar-refractivity contribution in [3.05, 3.63) is 53.1 Å². The molecule has 2 amide bonds. The van der Waals surface area contributed by atoms with Gasteiger partial charge in [0.05, 0.1) is 12.8 Å². The van der Waals surface area contributed by atoms with Crippen LogP contribution in [0.25, 0.3) is 0 Å². The molecule has 2 aromatic rings. The highest BCUT2D eigenvalue weighted by Gasteiger charge is 2.44. The van der Waals surface area contributed by atoms with Gasteiger partial charge in [0, 0.05) is 35.7 Å². The van der Waals surface area contributed by atoms with E-state index in [0.717, 1.165) is 24.1 Å². The fourth-order valence-electron chi connectivity index (χ4n) is 3.72. The minimum atomic E-state index is -0.0734. The number of carbonyl (C=O) groups excluding carboxylic acids is 2. The molecule has 1 aliphatic carbocycles. The third-order valence-electron chi connectivity index (χ3n) is 5.24. The molecule has 1 heterocycles. The van der Waals surface area contributed by atoms with E-state index in [9.17, 15) is 9.59 Å². The van der Waals surface area contributed by atoms with Crippen molar-refractivity contribution >= 4 is 34.8 Å². The van der Waals surface area contributed by atoms with E-state index in [2.05, 4.69) is 5.32 Å². The number of amides is 2. The van der Waals surface area contributed by atoms with E-state index in [0.29, 0.717) is 29.4 Å². The van der Waals surface area contributed by atoms with Crippen molar-refractivity contribution in [1.82, 2.24) is 0 Å². The SMILES string of the molecule is COc1cc(NC(=O)[C@@H]2C[C@@H]2c2ccccc2Cl)ccc1N1CCCC1=O. The first-order chi connectivity index (χ1) is 13.1. The molecule has 0 bridgehead atoms. The Morgan fingerprint density at radius 1 is 1.26 bits per heavy atom. The number of rotatable bonds is 5. The highest BCUT2D eigenvalue weighted by atomic mass is 35.5. The van der Waals surface area contributed by atoms with Crippen LogP contribution in [0.2, 0.25) is 5.02 Å². The number of carbonyl (C=O) groups is 2. The van der Waals surface area contributed by atoms with Crippen molar-refractivity contribution in [3.8, 4) is 5.75 Å². The van der Waals surface area contributed by atoms with E-state index in [4.69, 9.17) is 16.3 Å². The lowest BCUT2D eigenvalue weighted by molar-refractivity contribution is -0.118. The average Bonchev–Trinajstić information content (AvgIpc) is 3.36. The van der Waals surface area contributed by atoms with Crippen LogP contribution in [-0.2, 0) is 9.59 Å². The molecule has 1 aliphatic heterocycles. The third-order valence-corrected chi connectivity index (χ3v) is 5.59. The molecule has 2 fully saturated rings. The van der Waals surface area contributed by atoms with Crippen LogP contribution in [0.4, 0.5) is 11.4 Å². The number of benzene rings is 2. The highest BCUT2D eigenvalue weighted by molar-refractivity contribution is 6.31. The van der Waals surface area contributed by atoms with Crippen molar-refractivity contribution in [2.45, 2.75) is 25.2 Å². The Hall–Kier alpha value is -2.53. The quantitative estimate of drug-likeness (QED) is 0.839. The lowest BCUT2D eigenvalue weighted by atomic mass is 10.1. The monoisotopic (exact) mass is 384 g/mol. The summed E-state index contributed by atoms with van der Waals surface area (Å²) in [5, 5.41) is 3.67. The Morgan fingerprint density at radius 2 is 2.07 bits per heavy atom. The fourth-order valence-corrected chi connectivity index (χ4v) is 4.00. The molecule has 1 N–H and O–H groups in total. The van der Waals surface area contributed by atoms with Crippen LogP contribution >= 0.6 is 11.6 Å². The van der Waals surface area contributed by atoms with Crippen LogP contribution in [0.3, 0.4) is 0 Å². The summed E-state index contributed by atoms with van der Waals surface area (Å²) in [6, 6.07) is 13.1. The van der Waals surface area contributed by atoms with Crippen LogP contribution in [-0.4, -0.2) is 25.5 Å². The van der Waals surface area contributed by atoms with Gasteiger partial charge in [-0.1, -0.05) is 29.8 Å². The van der Waals surface area contributed by atoms with E-state index < -0.39 is 0 Å². The van der Waals surface area contributed by atoms with Crippen LogP contribution in [0.1, 0.15) is 30.7 Å². The second kappa shape index (κ2) is 7.24. The summed E-state index contributed by atoms with van der Waals surface area (Å²) in [4.78, 5) is 26.3. The van der Waals surface area contributed by atoms with Crippen molar-refractivity contribution in [2.24, 2.45) is 5.92 Å². The number of hydrogen-bond acceptors (Lipinski definition) is 3. The summed E-state index contributed by atoms with van der Waals surface area (Å²) in [5.41, 5.74) is 2.44. The molecule has 0 aromatic heterocycles. The van der Waals surface area contributed by atoms with Gasteiger partial charge in [0.25, 0.3) is 0 Å². The molecule has 0 radical (unpaired) electrons. The average molecular weight is 385 g/mol. The number of halogens is 1. The van der Waals surface area contributed by atoms with E-state index in [1.165, 1.54) is 0 Å². The zero-order valence-corrected chi connectivity index (χ0v) is 15.8. The highest BCUT2D eigenvalue weighted by Crippen LogP contribution is 2.50. The summed E-state index contributed by atoms with van der Waals surface area (Å²) >= 11 is 6.24. The molecule has 6 heteroatoms. The molecule has 0 unspecified atom stereocenters. The Bertz CT molecular complexity index is 899. The fraction of sp³-hybridized carbons (Fsp3) is 0.333. The van der Waals surface area contributed by atoms with Crippen LogP contribution in [0.15, 0.2) is 42.5 Å². The molecule has 1 saturated carbocycles. The van der Waals surface area contributed by atoms with Gasteiger partial charge in [0.2, 0.25) is 11.8 Å². The molecule has 4 rings (SSSR count). The minimum absolute atomic E-state index is 0.0213. The predicted octanol–water partition coefficient (Wildman–Crippen LogP) is 4.22. The van der Waals surface area contributed by atoms with Crippen LogP contribution in [0.5, 0.6) is 5.75 Å². The molecule has 0 spiro atoms. The summed E-state index contributed by atoms with van der Waals surface area (Å²) in [7, 11) is 1.57. The number of ether oxygens (including phenoxy) is 1. The van der Waals surface area contributed by atoms with Crippen LogP contribution < -0.4 is 15.0 Å². The predicted molar refractivity (Wildman–Crippen MR) is 106 cm³/mol. The van der Waals surface area contributed by atoms with E-state index in [-0.39, 0.29) is 23.7 Å². The minimum Gasteiger partial charge on any atom is -0.494 e. The molecular formula is C21H21ClN2O3. The summed E-state index contributed by atoms with van der Waals surface area (Å²) in [6.45, 7) is 0.697. The number of anilines is 2. The lowest BCUT2D eigenvalue weighted by Gasteiger charge is -2.19. The topological polar surface area (TPSA) is 58.6 Å². The second-order valence-electron chi connectivity index (χ2n) is 7.00. The molecule has 5 nitrogen and oxygen atoms in total. The first-order valence-electron chi connectivity index (χ1n) is 9.12. The Balaban J connectivity index is 1.46. The molecule has 27 heavy (non-hydrogen) atoms. The van der Waals surface area contributed by atoms with Crippen molar-refractivity contribution in [2.75, 3.05) is 23.9 Å². The molecule has 2 atom stereocenters. The Labute approximate surface area is 163 Å². The normalized spacial score (nSPS) is 21.3. The van der Waals surface area contributed by atoms with Gasteiger partial charge in [-0.25, -0.2) is 0 Å². The van der Waals surface area contributed by atoms with Crippen molar-refractivity contribution in [3.63, 3.8) is 0 Å². The van der Waals surface area contributed by atoms with Gasteiger partial charge < -0.3 is 15.0 Å². The number of nitrogens with one attached hydrogen (secondary N) is 1. The maximum absolute atomic E-state index is 12.6. The number of hydrogen-bond donors (Lipinski definition) is 1. The summed E-state index contributed by atoms with van der Waals surface area (Å²) in [6.07, 6.45) is 2.21. The smallest absolute Gasteiger partial charge is 0.228 e. The van der Waals surface area contributed by atoms with Crippen molar-refractivity contribution < 1.29 is 14.3 Å². The maximum Gasteiger partial charge on any atom is 0.228 e. The Kier molecular flexibility index (Phi) is 4.79. The summed E-state index contributed by atoms with van der Waals surface area (Å²) < 4.78 is 5.45. The zero-order chi connectivity index (χ0) is 19.0. The van der Waals surface area contributed by atoms with Crippen LogP contribution in [0, 0.1) is 5.92 Å². The summed E-state index contributed by atoms with van der Waals surface area (Å²) in [5.74, 6) is 0.761. The first-order valence-corrected chi connectivity index (χ1v) is 9.50. The van der Waals surface area contributed by atoms with Gasteiger partial charge in [-0.2, -0.15) is 0 Å². The molecular weight excluding hydrogens is 364 g/mol. The Morgan fingerprint density at radius 3 is 2.78 bits per heavy atom. The zero-order valence-electron chi connectivity index (χ0n) is 15.1. The lowest BCUT2D eigenvalue weighted by Crippen LogP contribution is -2.24. The van der Waals surface area contributed by atoms with Crippen molar-refractivity contribution in [1.29, 1.82) is 0 Å². The maximum atomic E-state index is 12.6. The van der Waals surface area contributed by atoms with Gasteiger partial charge in [-0.05, 0) is 42.5 Å². The number of methoxy groups -OCH3 is 1. The van der Waals surface area contributed by atoms with Gasteiger partial charge in [0.15, 0.2) is 0 Å². The number of nitrogens with zero attached hydrogens (tertiary/aromatic N) is 1. The molecule has 2 aromatic carbocycles. The van der Waals surface area contributed by atoms with Gasteiger partial charge in [-0.3, -0.25) is 9.59 Å². The third kappa shape index (κ3) is 3.52. The molecule has 1 saturated heterocycles. The second-order valence-corrected chi connectivity index (χ2v) is 7.40. The van der Waals surface area contributed by atoms with Gasteiger partial charge >= 0.3 is 0 Å². The van der Waals surface area contributed by atoms with E-state index in [1.54, 1.807) is 18.1 Å². The first kappa shape index (κ1) is 17.9. The van der Waals surface area contributed by atoms with Gasteiger partial charge in [-0.15, -0.1) is 0 Å². The largest absolute Gasteiger partial charge is 0.494 e. The molecule has 140 valence electrons. The standard InChI is InChI=1S/C21H21ClN2O3/c1-27-19-11-13(8-9-18(19)24-10-4-7-20(24)25)23-21(26)16-12-15(16)14-5-2-3-6-17(14)22/h2-3,5-6,8-9,11,15-16H,4,7,10,12H2,1H3,(H,23,26)/t15-,16-/m1/s1.